The van der Waals surface area contributed by atoms with Crippen molar-refractivity contribution in [3.8, 4) is 5.75 Å². The van der Waals surface area contributed by atoms with Gasteiger partial charge in [0.15, 0.2) is 0 Å². The highest BCUT2D eigenvalue weighted by Gasteiger charge is 2.28. The van der Waals surface area contributed by atoms with Gasteiger partial charge in [0.05, 0.1) is 25.3 Å². The SMILES string of the molecule is CC(C)(C)OC(=O)CNC(=O)c1c(O)c2c(n(Cc3cncs3)c1=O)CCOC2. The van der Waals surface area contributed by atoms with Gasteiger partial charge in [-0.15, -0.1) is 11.3 Å². The molecule has 156 valence electrons. The van der Waals surface area contributed by atoms with E-state index in [2.05, 4.69) is 10.3 Å². The van der Waals surface area contributed by atoms with Gasteiger partial charge in [-0.2, -0.15) is 0 Å². The molecule has 0 spiro atoms. The molecular formula is C19H23N3O6S. The van der Waals surface area contributed by atoms with Gasteiger partial charge < -0.3 is 24.5 Å². The normalized spacial score (nSPS) is 13.6. The molecule has 29 heavy (non-hydrogen) atoms. The van der Waals surface area contributed by atoms with Crippen molar-refractivity contribution in [3.05, 3.63) is 43.8 Å². The minimum atomic E-state index is -0.843. The van der Waals surface area contributed by atoms with Crippen LogP contribution >= 0.6 is 11.3 Å². The number of thiazole rings is 1. The van der Waals surface area contributed by atoms with Crippen molar-refractivity contribution in [1.29, 1.82) is 0 Å². The average Bonchev–Trinajstić information content (AvgIpc) is 3.15. The molecule has 0 bridgehead atoms. The van der Waals surface area contributed by atoms with Gasteiger partial charge in [0.25, 0.3) is 11.5 Å². The summed E-state index contributed by atoms with van der Waals surface area (Å²) in [5, 5.41) is 13.0. The number of nitrogens with one attached hydrogen (secondary N) is 1. The molecule has 0 unspecified atom stereocenters. The Morgan fingerprint density at radius 3 is 2.83 bits per heavy atom. The fraction of sp³-hybridized carbons (Fsp3) is 0.474. The van der Waals surface area contributed by atoms with E-state index in [-0.39, 0.29) is 13.2 Å². The van der Waals surface area contributed by atoms with Crippen molar-refractivity contribution in [2.75, 3.05) is 13.2 Å². The zero-order valence-corrected chi connectivity index (χ0v) is 17.3. The summed E-state index contributed by atoms with van der Waals surface area (Å²) in [5.41, 5.74) is 0.957. The Kier molecular flexibility index (Phi) is 6.04. The van der Waals surface area contributed by atoms with Gasteiger partial charge in [0.2, 0.25) is 0 Å². The van der Waals surface area contributed by atoms with Crippen LogP contribution in [0.15, 0.2) is 16.5 Å². The highest BCUT2D eigenvalue weighted by Crippen LogP contribution is 2.28. The second-order valence-electron chi connectivity index (χ2n) is 7.58. The highest BCUT2D eigenvalue weighted by molar-refractivity contribution is 7.09. The molecule has 10 heteroatoms. The Bertz CT molecular complexity index is 975. The standard InChI is InChI=1S/C19H23N3O6S/c1-19(2,3)28-14(23)7-21-17(25)15-16(24)12-9-27-5-4-13(12)22(18(15)26)8-11-6-20-10-29-11/h6,10,24H,4-5,7-9H2,1-3H3,(H,21,25). The lowest BCUT2D eigenvalue weighted by Crippen LogP contribution is -2.39. The van der Waals surface area contributed by atoms with Crippen LogP contribution in [-0.2, 0) is 33.8 Å². The van der Waals surface area contributed by atoms with Gasteiger partial charge in [-0.3, -0.25) is 19.4 Å². The summed E-state index contributed by atoms with van der Waals surface area (Å²) in [6.45, 7) is 5.45. The molecular weight excluding hydrogens is 398 g/mol. The Hall–Kier alpha value is -2.72. The van der Waals surface area contributed by atoms with Gasteiger partial charge >= 0.3 is 5.97 Å². The zero-order chi connectivity index (χ0) is 21.2. The Labute approximate surface area is 171 Å². The van der Waals surface area contributed by atoms with Crippen LogP contribution < -0.4 is 10.9 Å². The number of hydrogen-bond donors (Lipinski definition) is 2. The molecule has 0 saturated heterocycles. The number of fused-ring (bicyclic) bond motifs is 1. The van der Waals surface area contributed by atoms with Crippen LogP contribution in [0.2, 0.25) is 0 Å². The van der Waals surface area contributed by atoms with Crippen molar-refractivity contribution >= 4 is 23.2 Å². The first-order valence-electron chi connectivity index (χ1n) is 9.10. The van der Waals surface area contributed by atoms with E-state index in [9.17, 15) is 19.5 Å². The summed E-state index contributed by atoms with van der Waals surface area (Å²) >= 11 is 1.39. The molecule has 2 N–H and O–H groups in total. The third-order valence-electron chi connectivity index (χ3n) is 4.22. The van der Waals surface area contributed by atoms with E-state index in [1.54, 1.807) is 32.5 Å². The number of ether oxygens (including phenoxy) is 2. The quantitative estimate of drug-likeness (QED) is 0.696. The lowest BCUT2D eigenvalue weighted by atomic mass is 10.0. The average molecular weight is 421 g/mol. The largest absolute Gasteiger partial charge is 0.506 e. The molecule has 0 saturated carbocycles. The molecule has 1 aliphatic heterocycles. The van der Waals surface area contributed by atoms with Crippen molar-refractivity contribution < 1.29 is 24.2 Å². The summed E-state index contributed by atoms with van der Waals surface area (Å²) in [7, 11) is 0. The number of nitrogens with zero attached hydrogens (tertiary/aromatic N) is 2. The van der Waals surface area contributed by atoms with E-state index < -0.39 is 40.9 Å². The number of amides is 1. The lowest BCUT2D eigenvalue weighted by molar-refractivity contribution is -0.153. The predicted octanol–water partition coefficient (Wildman–Crippen LogP) is 1.20. The fourth-order valence-electron chi connectivity index (χ4n) is 3.06. The fourth-order valence-corrected chi connectivity index (χ4v) is 3.64. The van der Waals surface area contributed by atoms with Crippen LogP contribution in [0.3, 0.4) is 0 Å². The van der Waals surface area contributed by atoms with Crippen molar-refractivity contribution in [1.82, 2.24) is 14.9 Å². The summed E-state index contributed by atoms with van der Waals surface area (Å²) in [6.07, 6.45) is 2.09. The molecule has 1 aliphatic rings. The Morgan fingerprint density at radius 1 is 1.41 bits per heavy atom. The number of carbonyl (C=O) groups excluding carboxylic acids is 2. The van der Waals surface area contributed by atoms with Gasteiger partial charge in [-0.25, -0.2) is 0 Å². The molecule has 0 aromatic carbocycles. The van der Waals surface area contributed by atoms with E-state index in [0.717, 1.165) is 4.88 Å². The number of aromatic nitrogens is 2. The summed E-state index contributed by atoms with van der Waals surface area (Å²) < 4.78 is 12.0. The molecule has 9 nitrogen and oxygen atoms in total. The second kappa shape index (κ2) is 8.34. The first kappa shape index (κ1) is 21.0. The van der Waals surface area contributed by atoms with Crippen LogP contribution in [-0.4, -0.2) is 45.3 Å². The first-order chi connectivity index (χ1) is 13.7. The van der Waals surface area contributed by atoms with Gasteiger partial charge in [0.1, 0.15) is 23.5 Å². The zero-order valence-electron chi connectivity index (χ0n) is 16.5. The number of rotatable bonds is 5. The highest BCUT2D eigenvalue weighted by atomic mass is 32.1. The van der Waals surface area contributed by atoms with Crippen LogP contribution in [0.5, 0.6) is 5.75 Å². The maximum Gasteiger partial charge on any atom is 0.325 e. The molecule has 0 radical (unpaired) electrons. The van der Waals surface area contributed by atoms with E-state index in [1.165, 1.54) is 15.9 Å². The van der Waals surface area contributed by atoms with Gasteiger partial charge in [-0.05, 0) is 20.8 Å². The van der Waals surface area contributed by atoms with Crippen molar-refractivity contribution in [2.45, 2.75) is 45.9 Å². The molecule has 1 amide bonds. The Morgan fingerprint density at radius 2 is 2.17 bits per heavy atom. The first-order valence-corrected chi connectivity index (χ1v) is 9.98. The molecule has 2 aromatic heterocycles. The predicted molar refractivity (Wildman–Crippen MR) is 105 cm³/mol. The van der Waals surface area contributed by atoms with Crippen molar-refractivity contribution in [2.24, 2.45) is 0 Å². The van der Waals surface area contributed by atoms with Crippen LogP contribution in [0.1, 0.15) is 47.3 Å². The number of carbonyl (C=O) groups is 2. The van der Waals surface area contributed by atoms with Crippen LogP contribution in [0.25, 0.3) is 0 Å². The monoisotopic (exact) mass is 421 g/mol. The maximum absolute atomic E-state index is 13.1. The van der Waals surface area contributed by atoms with E-state index in [1.807, 2.05) is 0 Å². The number of pyridine rings is 1. The summed E-state index contributed by atoms with van der Waals surface area (Å²) in [4.78, 5) is 42.4. The number of esters is 1. The third-order valence-corrected chi connectivity index (χ3v) is 4.99. The molecule has 2 aromatic rings. The topological polar surface area (TPSA) is 120 Å². The molecule has 3 rings (SSSR count). The van der Waals surface area contributed by atoms with E-state index >= 15 is 0 Å². The maximum atomic E-state index is 13.1. The lowest BCUT2D eigenvalue weighted by Gasteiger charge is -2.24. The van der Waals surface area contributed by atoms with Crippen molar-refractivity contribution in [3.63, 3.8) is 0 Å². The smallest absolute Gasteiger partial charge is 0.325 e. The minimum Gasteiger partial charge on any atom is -0.506 e. The second-order valence-corrected chi connectivity index (χ2v) is 8.55. The molecule has 0 aliphatic carbocycles. The Balaban J connectivity index is 1.93. The van der Waals surface area contributed by atoms with Gasteiger partial charge in [0, 0.05) is 28.8 Å². The van der Waals surface area contributed by atoms with E-state index in [4.69, 9.17) is 9.47 Å². The van der Waals surface area contributed by atoms with Crippen LogP contribution in [0, 0.1) is 0 Å². The number of aromatic hydroxyl groups is 1. The molecule has 3 heterocycles. The summed E-state index contributed by atoms with van der Waals surface area (Å²) in [5.74, 6) is -1.90. The summed E-state index contributed by atoms with van der Waals surface area (Å²) in [6, 6.07) is 0. The van der Waals surface area contributed by atoms with Gasteiger partial charge in [-0.1, -0.05) is 0 Å². The van der Waals surface area contributed by atoms with Crippen LogP contribution in [0.4, 0.5) is 0 Å². The minimum absolute atomic E-state index is 0.0937. The third kappa shape index (κ3) is 4.83. The molecule has 0 fully saturated rings. The number of hydrogen-bond acceptors (Lipinski definition) is 8. The molecule has 0 atom stereocenters. The van der Waals surface area contributed by atoms with E-state index in [0.29, 0.717) is 24.3 Å².